The predicted octanol–water partition coefficient (Wildman–Crippen LogP) is -12.6. The molecule has 52 nitrogen and oxygen atoms in total. The van der Waals surface area contributed by atoms with Crippen LogP contribution in [0.2, 0.25) is 0 Å². The molecule has 4 aromatic rings. The maximum Gasteiger partial charge on any atom is 0.224 e. The molecule has 0 spiro atoms. The lowest BCUT2D eigenvalue weighted by Gasteiger charge is -2.39. The molecule has 5 aliphatic heterocycles. The standard InChI is InChI=1S/C72H120N16O36/c89-41-49-57(97)61(101)65(105)69(121-49)117-29-25-113-21-17-109-13-9-85-37-45(73-77-85)33-81-5-1-53(93)82(34-46-38-86(78-74-46)10-14-110-18-22-114-26-30-118-70-66(106)62(102)58(98)50(42-90)122-70)6-2-55(95)84(36-48-40-88(80-76-48)12-16-112-20-24-116-28-32-120-72-68(108)64(104)60(100)52(44-92)124-72)8-4-56(96)83(7-3-54(81)94)35-47-39-87(79-75-47)11-15-111-19-23-115-27-31-119-71-67(107)63(103)59(99)51(43-91)123-71/h37-40,49-52,57-72,89-92,97-108H,1-36,41-44H2/t49-,50-,51-,52-,57+,58+,59+,60+,61+,62+,63+,64+,65-,66-,67-,68-,69-,70-,71-,72-/m1/s1. The van der Waals surface area contributed by atoms with Crippen molar-refractivity contribution in [3.8, 4) is 0 Å². The highest BCUT2D eigenvalue weighted by molar-refractivity contribution is 5.82. The highest BCUT2D eigenvalue weighted by Gasteiger charge is 2.48. The molecule has 124 heavy (non-hydrogen) atoms. The first-order chi connectivity index (χ1) is 60.0. The Morgan fingerprint density at radius 1 is 0.266 bits per heavy atom. The van der Waals surface area contributed by atoms with E-state index in [1.165, 1.54) is 38.3 Å². The van der Waals surface area contributed by atoms with Crippen LogP contribution in [0.5, 0.6) is 0 Å². The van der Waals surface area contributed by atoms with Gasteiger partial charge in [0.2, 0.25) is 23.6 Å². The number of hydrogen-bond donors (Lipinski definition) is 16. The van der Waals surface area contributed by atoms with Crippen molar-refractivity contribution in [3.05, 3.63) is 47.6 Å². The Hall–Kier alpha value is -6.84. The van der Waals surface area contributed by atoms with Crippen LogP contribution in [0.4, 0.5) is 0 Å². The second-order valence-corrected chi connectivity index (χ2v) is 29.3. The monoisotopic (exact) mass is 1780 g/mol. The third-order valence-corrected chi connectivity index (χ3v) is 20.3. The van der Waals surface area contributed by atoms with Crippen LogP contribution in [-0.2, 0) is 147 Å². The maximum atomic E-state index is 14.8. The number of ether oxygens (including phenoxy) is 16. The smallest absolute Gasteiger partial charge is 0.224 e. The SMILES string of the molecule is O=C1CCN(Cc2cn(CCOCCOCCO[C@@H]3O[C@H](CO)[C@H](O)[C@H](O)[C@H]3O)nn2)C(=O)CCN(Cc2cn(CCOCCOCCO[C@@H]3O[C@H](CO)[C@H](O)[C@H](O)[C@H]3O)nn2)C(=O)CCN(Cc2cn(CCOCCOCCO[C@@H]3O[C@H](CO)[C@H](O)[C@H](O)[C@H]3O)nn2)C(=O)CCN1Cc1cn(CCOCCOCCO[C@@H]2O[C@H](CO)[C@H](O)[C@H](O)[C@H]2O)nn1. The van der Waals surface area contributed by atoms with E-state index in [1.807, 2.05) is 0 Å². The minimum atomic E-state index is -1.60. The molecule has 52 heteroatoms. The number of aliphatic hydroxyl groups excluding tert-OH is 16. The van der Waals surface area contributed by atoms with Gasteiger partial charge in [-0.05, 0) is 0 Å². The summed E-state index contributed by atoms with van der Waals surface area (Å²) in [6, 6.07) is 0. The van der Waals surface area contributed by atoms with Crippen molar-refractivity contribution >= 4 is 23.6 Å². The number of nitrogens with zero attached hydrogens (tertiary/aromatic N) is 16. The topological polar surface area (TPSA) is 675 Å². The molecule has 4 amide bonds. The van der Waals surface area contributed by atoms with Gasteiger partial charge in [0.1, 0.15) is 120 Å². The largest absolute Gasteiger partial charge is 0.394 e. The van der Waals surface area contributed by atoms with Crippen molar-refractivity contribution in [1.29, 1.82) is 0 Å². The van der Waals surface area contributed by atoms with Gasteiger partial charge in [-0.3, -0.25) is 19.2 Å². The lowest BCUT2D eigenvalue weighted by Crippen LogP contribution is -2.59. The molecule has 5 fully saturated rings. The van der Waals surface area contributed by atoms with Crippen molar-refractivity contribution in [3.63, 3.8) is 0 Å². The molecule has 0 aliphatic carbocycles. The first-order valence-corrected chi connectivity index (χ1v) is 40.9. The fourth-order valence-electron chi connectivity index (χ4n) is 13.2. The molecule has 0 aromatic carbocycles. The summed E-state index contributed by atoms with van der Waals surface area (Å²) in [5, 5.41) is 193. The Morgan fingerprint density at radius 2 is 0.452 bits per heavy atom. The van der Waals surface area contributed by atoms with Crippen LogP contribution in [0, 0.1) is 0 Å². The zero-order valence-electron chi connectivity index (χ0n) is 68.6. The van der Waals surface area contributed by atoms with Gasteiger partial charge in [0.15, 0.2) is 25.2 Å². The fraction of sp³-hybridized carbons (Fsp3) is 0.833. The zero-order valence-corrected chi connectivity index (χ0v) is 68.6. The predicted molar refractivity (Wildman–Crippen MR) is 406 cm³/mol. The van der Waals surface area contributed by atoms with E-state index in [0.29, 0.717) is 22.8 Å². The van der Waals surface area contributed by atoms with Crippen molar-refractivity contribution in [2.24, 2.45) is 0 Å². The minimum Gasteiger partial charge on any atom is -0.394 e. The van der Waals surface area contributed by atoms with Gasteiger partial charge in [-0.1, -0.05) is 20.9 Å². The van der Waals surface area contributed by atoms with Gasteiger partial charge in [0, 0.05) is 51.9 Å². The number of hydrogen-bond acceptors (Lipinski definition) is 44. The first-order valence-electron chi connectivity index (χ1n) is 40.9. The molecule has 704 valence electrons. The lowest BCUT2D eigenvalue weighted by atomic mass is 9.99. The van der Waals surface area contributed by atoms with Gasteiger partial charge in [0.05, 0.1) is 236 Å². The molecule has 9 heterocycles. The van der Waals surface area contributed by atoms with Crippen LogP contribution in [0.1, 0.15) is 48.5 Å². The number of carbonyl (C=O) groups is 4. The Morgan fingerprint density at radius 3 is 0.645 bits per heavy atom. The molecule has 20 atom stereocenters. The third kappa shape index (κ3) is 31.8. The van der Waals surface area contributed by atoms with Gasteiger partial charge >= 0.3 is 0 Å². The van der Waals surface area contributed by atoms with E-state index >= 15 is 0 Å². The molecule has 0 bridgehead atoms. The fourth-order valence-corrected chi connectivity index (χ4v) is 13.2. The Labute approximate surface area is 710 Å². The molecule has 9 rings (SSSR count). The van der Waals surface area contributed by atoms with E-state index in [0.717, 1.165) is 0 Å². The van der Waals surface area contributed by atoms with Gasteiger partial charge in [0.25, 0.3) is 0 Å². The lowest BCUT2D eigenvalue weighted by molar-refractivity contribution is -0.302. The summed E-state index contributed by atoms with van der Waals surface area (Å²) in [6.45, 7) is -1.14. The van der Waals surface area contributed by atoms with E-state index in [4.69, 9.17) is 75.8 Å². The van der Waals surface area contributed by atoms with Crippen molar-refractivity contribution in [2.45, 2.75) is 201 Å². The highest BCUT2D eigenvalue weighted by Crippen LogP contribution is 2.27. The maximum absolute atomic E-state index is 14.8. The molecular formula is C72H120N16O36. The Kier molecular flexibility index (Phi) is 43.8. The zero-order chi connectivity index (χ0) is 88.9. The van der Waals surface area contributed by atoms with Crippen molar-refractivity contribution in [1.82, 2.24) is 79.6 Å². The van der Waals surface area contributed by atoms with Crippen molar-refractivity contribution in [2.75, 3.05) is 185 Å². The van der Waals surface area contributed by atoms with Crippen LogP contribution in [0.3, 0.4) is 0 Å². The number of aromatic nitrogens is 12. The summed E-state index contributed by atoms with van der Waals surface area (Å²) in [6.07, 6.45) is -23.2. The molecule has 0 unspecified atom stereocenters. The van der Waals surface area contributed by atoms with E-state index in [2.05, 4.69) is 41.2 Å². The number of carbonyl (C=O) groups excluding carboxylic acids is 4. The van der Waals surface area contributed by atoms with Gasteiger partial charge in [-0.25, -0.2) is 18.7 Å². The molecule has 0 saturated carbocycles. The minimum absolute atomic E-state index is 0.0454. The van der Waals surface area contributed by atoms with Gasteiger partial charge in [-0.2, -0.15) is 0 Å². The molecule has 0 radical (unpaired) electrons. The quantitative estimate of drug-likeness (QED) is 0.0183. The second-order valence-electron chi connectivity index (χ2n) is 29.3. The number of rotatable bonds is 52. The Balaban J connectivity index is 0.821. The molecule has 5 aliphatic rings. The molecular weight excluding hydrogens is 1660 g/mol. The molecule has 4 aromatic heterocycles. The normalized spacial score (nSPS) is 28.7. The van der Waals surface area contributed by atoms with Crippen LogP contribution in [-0.4, -0.2) is 492 Å². The Bertz CT molecular complexity index is 3210. The average molecular weight is 1790 g/mol. The van der Waals surface area contributed by atoms with E-state index in [-0.39, 0.29) is 236 Å². The number of amides is 4. The second kappa shape index (κ2) is 53.8. The molecule has 5 saturated heterocycles. The number of aliphatic hydroxyl groups is 16. The highest BCUT2D eigenvalue weighted by atomic mass is 16.7. The summed E-state index contributed by atoms with van der Waals surface area (Å²) in [4.78, 5) is 64.9. The van der Waals surface area contributed by atoms with Gasteiger partial charge < -0.3 is 177 Å². The first kappa shape index (κ1) is 101. The average Bonchev–Trinajstić information content (AvgIpc) is 0.875. The van der Waals surface area contributed by atoms with Crippen LogP contribution in [0.15, 0.2) is 24.8 Å². The van der Waals surface area contributed by atoms with E-state index in [1.54, 1.807) is 24.8 Å². The van der Waals surface area contributed by atoms with E-state index < -0.39 is 173 Å². The van der Waals surface area contributed by atoms with Crippen LogP contribution in [0.25, 0.3) is 0 Å². The van der Waals surface area contributed by atoms with E-state index in [9.17, 15) is 101 Å². The molecule has 16 N–H and O–H groups in total. The summed E-state index contributed by atoms with van der Waals surface area (Å²) in [7, 11) is 0. The third-order valence-electron chi connectivity index (χ3n) is 20.3. The summed E-state index contributed by atoms with van der Waals surface area (Å²) < 4.78 is 94.5. The summed E-state index contributed by atoms with van der Waals surface area (Å²) >= 11 is 0. The summed E-state index contributed by atoms with van der Waals surface area (Å²) in [5.41, 5.74) is 1.35. The van der Waals surface area contributed by atoms with Crippen LogP contribution < -0.4 is 0 Å². The van der Waals surface area contributed by atoms with Crippen LogP contribution >= 0.6 is 0 Å². The van der Waals surface area contributed by atoms with Gasteiger partial charge in [-0.15, -0.1) is 20.4 Å². The summed E-state index contributed by atoms with van der Waals surface area (Å²) in [5.74, 6) is -1.88. The van der Waals surface area contributed by atoms with Crippen molar-refractivity contribution < 1.29 is 177 Å².